The van der Waals surface area contributed by atoms with Crippen LogP contribution < -0.4 is 0 Å². The normalized spacial score (nSPS) is 21.3. The molecule has 0 aliphatic carbocycles. The molecule has 102 valence electrons. The highest BCUT2D eigenvalue weighted by Crippen LogP contribution is 2.21. The van der Waals surface area contributed by atoms with Gasteiger partial charge in [-0.15, -0.1) is 0 Å². The number of carboxylic acid groups (broad SMARTS) is 1. The molecule has 1 heterocycles. The van der Waals surface area contributed by atoms with Crippen molar-refractivity contribution in [3.05, 3.63) is 0 Å². The van der Waals surface area contributed by atoms with Crippen LogP contribution >= 0.6 is 0 Å². The summed E-state index contributed by atoms with van der Waals surface area (Å²) in [5, 5.41) is 9.16. The summed E-state index contributed by atoms with van der Waals surface area (Å²) in [6.45, 7) is 5.36. The smallest absolute Gasteiger partial charge is 0.326 e. The van der Waals surface area contributed by atoms with E-state index in [1.165, 1.54) is 4.90 Å². The maximum Gasteiger partial charge on any atom is 0.326 e. The molecule has 1 atom stereocenters. The van der Waals surface area contributed by atoms with Crippen LogP contribution in [0.3, 0.4) is 0 Å². The van der Waals surface area contributed by atoms with Crippen LogP contribution in [0, 0.1) is 5.41 Å². The van der Waals surface area contributed by atoms with Gasteiger partial charge in [-0.25, -0.2) is 4.79 Å². The van der Waals surface area contributed by atoms with Crippen LogP contribution in [0.25, 0.3) is 0 Å². The Balaban J connectivity index is 2.92. The largest absolute Gasteiger partial charge is 0.480 e. The lowest BCUT2D eigenvalue weighted by Crippen LogP contribution is -2.49. The molecule has 5 nitrogen and oxygen atoms in total. The molecule has 1 fully saturated rings. The molecule has 0 unspecified atom stereocenters. The van der Waals surface area contributed by atoms with Gasteiger partial charge in [0.15, 0.2) is 0 Å². The predicted molar refractivity (Wildman–Crippen MR) is 66.1 cm³/mol. The van der Waals surface area contributed by atoms with E-state index in [2.05, 4.69) is 0 Å². The lowest BCUT2D eigenvalue weighted by Gasteiger charge is -2.28. The molecule has 0 aromatic rings. The molecular formula is C13H21NO4. The topological polar surface area (TPSA) is 74.7 Å². The lowest BCUT2D eigenvalue weighted by atomic mass is 9.89. The van der Waals surface area contributed by atoms with Crippen LogP contribution in [0.4, 0.5) is 0 Å². The number of aliphatic carboxylic acids is 1. The third-order valence-electron chi connectivity index (χ3n) is 3.17. The van der Waals surface area contributed by atoms with Gasteiger partial charge in [-0.05, 0) is 12.8 Å². The summed E-state index contributed by atoms with van der Waals surface area (Å²) in [4.78, 5) is 36.5. The van der Waals surface area contributed by atoms with Gasteiger partial charge in [0.1, 0.15) is 6.04 Å². The Morgan fingerprint density at radius 3 is 2.22 bits per heavy atom. The van der Waals surface area contributed by atoms with E-state index < -0.39 is 29.1 Å². The monoisotopic (exact) mass is 255 g/mol. The molecule has 0 aromatic carbocycles. The number of nitrogens with zero attached hydrogens (tertiary/aromatic N) is 1. The first-order valence-electron chi connectivity index (χ1n) is 6.33. The van der Waals surface area contributed by atoms with E-state index in [1.54, 1.807) is 20.8 Å². The van der Waals surface area contributed by atoms with E-state index in [0.29, 0.717) is 13.0 Å². The Morgan fingerprint density at radius 1 is 1.11 bits per heavy atom. The van der Waals surface area contributed by atoms with E-state index in [0.717, 1.165) is 19.3 Å². The Labute approximate surface area is 107 Å². The van der Waals surface area contributed by atoms with E-state index in [4.69, 9.17) is 5.11 Å². The lowest BCUT2D eigenvalue weighted by molar-refractivity contribution is -0.156. The number of carbonyl (C=O) groups is 3. The molecule has 1 rings (SSSR count). The molecule has 0 spiro atoms. The standard InChI is InChI=1S/C13H21NO4/c1-13(2,3)10(15)11(16)14-8-6-4-5-7-9(14)12(17)18/h9H,4-8H2,1-3H3,(H,17,18)/t9-/m0/s1. The average Bonchev–Trinajstić information content (AvgIpc) is 2.50. The first-order valence-corrected chi connectivity index (χ1v) is 6.33. The summed E-state index contributed by atoms with van der Waals surface area (Å²) in [6.07, 6.45) is 2.87. The molecule has 1 aliphatic rings. The second-order valence-electron chi connectivity index (χ2n) is 5.78. The fourth-order valence-electron chi connectivity index (χ4n) is 2.06. The van der Waals surface area contributed by atoms with Crippen molar-refractivity contribution < 1.29 is 19.5 Å². The van der Waals surface area contributed by atoms with Gasteiger partial charge in [-0.1, -0.05) is 33.6 Å². The van der Waals surface area contributed by atoms with Gasteiger partial charge in [0, 0.05) is 12.0 Å². The number of Topliss-reactive ketones (excluding diaryl/α,β-unsaturated/α-hetero) is 1. The predicted octanol–water partition coefficient (Wildman–Crippen LogP) is 1.46. The molecule has 5 heteroatoms. The molecule has 1 N–H and O–H groups in total. The minimum Gasteiger partial charge on any atom is -0.480 e. The maximum atomic E-state index is 12.1. The minimum atomic E-state index is -1.02. The minimum absolute atomic E-state index is 0.359. The Kier molecular flexibility index (Phi) is 4.48. The third kappa shape index (κ3) is 3.31. The molecule has 18 heavy (non-hydrogen) atoms. The van der Waals surface area contributed by atoms with Crippen molar-refractivity contribution >= 4 is 17.7 Å². The molecular weight excluding hydrogens is 234 g/mol. The first-order chi connectivity index (χ1) is 8.25. The molecule has 0 bridgehead atoms. The summed E-state index contributed by atoms with van der Waals surface area (Å²) in [5.74, 6) is -2.19. The summed E-state index contributed by atoms with van der Waals surface area (Å²) in [7, 11) is 0. The fourth-order valence-corrected chi connectivity index (χ4v) is 2.06. The van der Waals surface area contributed by atoms with Crippen molar-refractivity contribution in [2.75, 3.05) is 6.54 Å². The van der Waals surface area contributed by atoms with Gasteiger partial charge in [0.25, 0.3) is 5.91 Å². The molecule has 1 aliphatic heterocycles. The second-order valence-corrected chi connectivity index (χ2v) is 5.78. The van der Waals surface area contributed by atoms with Gasteiger partial charge >= 0.3 is 5.97 Å². The van der Waals surface area contributed by atoms with Crippen molar-refractivity contribution in [3.8, 4) is 0 Å². The zero-order chi connectivity index (χ0) is 13.9. The van der Waals surface area contributed by atoms with E-state index in [9.17, 15) is 14.4 Å². The summed E-state index contributed by atoms with van der Waals surface area (Å²) in [6, 6.07) is -0.855. The zero-order valence-electron chi connectivity index (χ0n) is 11.2. The number of hydrogen-bond acceptors (Lipinski definition) is 3. The van der Waals surface area contributed by atoms with E-state index in [-0.39, 0.29) is 0 Å². The molecule has 0 saturated carbocycles. The van der Waals surface area contributed by atoms with Crippen LogP contribution in [-0.4, -0.2) is 40.3 Å². The van der Waals surface area contributed by atoms with Crippen molar-refractivity contribution in [1.82, 2.24) is 4.90 Å². The van der Waals surface area contributed by atoms with Crippen LogP contribution in [0.1, 0.15) is 46.5 Å². The average molecular weight is 255 g/mol. The Bertz CT molecular complexity index is 356. The molecule has 0 radical (unpaired) electrons. The fraction of sp³-hybridized carbons (Fsp3) is 0.769. The zero-order valence-corrected chi connectivity index (χ0v) is 11.2. The number of rotatable bonds is 2. The maximum absolute atomic E-state index is 12.1. The highest BCUT2D eigenvalue weighted by atomic mass is 16.4. The van der Waals surface area contributed by atoms with Crippen LogP contribution in [0.5, 0.6) is 0 Å². The van der Waals surface area contributed by atoms with Crippen LogP contribution in [0.2, 0.25) is 0 Å². The highest BCUT2D eigenvalue weighted by Gasteiger charge is 2.37. The Hall–Kier alpha value is -1.39. The third-order valence-corrected chi connectivity index (χ3v) is 3.17. The van der Waals surface area contributed by atoms with E-state index >= 15 is 0 Å². The van der Waals surface area contributed by atoms with Gasteiger partial charge in [0.05, 0.1) is 0 Å². The number of amides is 1. The number of carboxylic acids is 1. The number of likely N-dealkylation sites (tertiary alicyclic amines) is 1. The number of ketones is 1. The van der Waals surface area contributed by atoms with Crippen LogP contribution in [-0.2, 0) is 14.4 Å². The highest BCUT2D eigenvalue weighted by molar-refractivity contribution is 6.38. The van der Waals surface area contributed by atoms with Gasteiger partial charge < -0.3 is 10.0 Å². The Morgan fingerprint density at radius 2 is 1.72 bits per heavy atom. The van der Waals surface area contributed by atoms with Crippen molar-refractivity contribution in [1.29, 1.82) is 0 Å². The number of hydrogen-bond donors (Lipinski definition) is 1. The van der Waals surface area contributed by atoms with Crippen molar-refractivity contribution in [3.63, 3.8) is 0 Å². The van der Waals surface area contributed by atoms with Gasteiger partial charge in [0.2, 0.25) is 5.78 Å². The van der Waals surface area contributed by atoms with Gasteiger partial charge in [-0.3, -0.25) is 9.59 Å². The molecule has 1 amide bonds. The molecule has 0 aromatic heterocycles. The van der Waals surface area contributed by atoms with Crippen molar-refractivity contribution in [2.24, 2.45) is 5.41 Å². The van der Waals surface area contributed by atoms with Gasteiger partial charge in [-0.2, -0.15) is 0 Å². The summed E-state index contributed by atoms with van der Waals surface area (Å²) in [5.41, 5.74) is -0.771. The van der Waals surface area contributed by atoms with Crippen molar-refractivity contribution in [2.45, 2.75) is 52.5 Å². The first kappa shape index (κ1) is 14.7. The number of carbonyl (C=O) groups excluding carboxylic acids is 2. The summed E-state index contributed by atoms with van der Waals surface area (Å²) >= 11 is 0. The molecule has 1 saturated heterocycles. The van der Waals surface area contributed by atoms with E-state index in [1.807, 2.05) is 0 Å². The quantitative estimate of drug-likeness (QED) is 0.758. The van der Waals surface area contributed by atoms with Crippen LogP contribution in [0.15, 0.2) is 0 Å². The SMILES string of the molecule is CC(C)(C)C(=O)C(=O)N1CCCCC[C@H]1C(=O)O. The summed E-state index contributed by atoms with van der Waals surface area (Å²) < 4.78 is 0. The second kappa shape index (κ2) is 5.50.